The van der Waals surface area contributed by atoms with Crippen molar-refractivity contribution in [2.24, 2.45) is 0 Å². The summed E-state index contributed by atoms with van der Waals surface area (Å²) in [6.07, 6.45) is 1.59. The molecule has 41 heavy (non-hydrogen) atoms. The number of carboxylic acids is 1. The molecule has 0 fully saturated rings. The summed E-state index contributed by atoms with van der Waals surface area (Å²) in [5, 5.41) is 22.2. The number of carbonyl (C=O) groups excluding carboxylic acids is 1. The minimum absolute atomic E-state index is 0.0401. The molecule has 0 saturated heterocycles. The first kappa shape index (κ1) is 29.3. The summed E-state index contributed by atoms with van der Waals surface area (Å²) in [6.45, 7) is 3.49. The third-order valence-electron chi connectivity index (χ3n) is 6.08. The first-order valence-corrected chi connectivity index (χ1v) is 14.6. The minimum Gasteiger partial charge on any atom is -0.505 e. The van der Waals surface area contributed by atoms with E-state index in [-0.39, 0.29) is 21.9 Å². The van der Waals surface area contributed by atoms with Gasteiger partial charge < -0.3 is 14.9 Å². The van der Waals surface area contributed by atoms with Crippen LogP contribution in [0, 0.1) is 6.92 Å². The number of carbonyl (C=O) groups is 2. The van der Waals surface area contributed by atoms with E-state index >= 15 is 0 Å². The number of aryl methyl sites for hydroxylation is 1. The van der Waals surface area contributed by atoms with Gasteiger partial charge in [-0.25, -0.2) is 13.4 Å². The Labute approximate surface area is 241 Å². The third-order valence-corrected chi connectivity index (χ3v) is 8.73. The van der Waals surface area contributed by atoms with Crippen LogP contribution in [-0.4, -0.2) is 46.8 Å². The van der Waals surface area contributed by atoms with Gasteiger partial charge in [-0.3, -0.25) is 19.2 Å². The van der Waals surface area contributed by atoms with Crippen LogP contribution in [0.3, 0.4) is 0 Å². The average molecular weight is 594 g/mol. The molecule has 2 heterocycles. The van der Waals surface area contributed by atoms with Crippen molar-refractivity contribution in [1.29, 1.82) is 0 Å². The van der Waals surface area contributed by atoms with Crippen molar-refractivity contribution < 1.29 is 33.0 Å². The molecule has 0 aliphatic carbocycles. The van der Waals surface area contributed by atoms with E-state index in [0.717, 1.165) is 20.5 Å². The van der Waals surface area contributed by atoms with Gasteiger partial charge in [-0.1, -0.05) is 42.5 Å². The second kappa shape index (κ2) is 12.2. The predicted molar refractivity (Wildman–Crippen MR) is 155 cm³/mol. The Morgan fingerprint density at radius 3 is 2.32 bits per heavy atom. The van der Waals surface area contributed by atoms with Gasteiger partial charge in [-0.2, -0.15) is 0 Å². The maximum Gasteiger partial charge on any atom is 0.310 e. The van der Waals surface area contributed by atoms with E-state index in [4.69, 9.17) is 9.84 Å². The van der Waals surface area contributed by atoms with Crippen molar-refractivity contribution in [2.45, 2.75) is 24.7 Å². The van der Waals surface area contributed by atoms with E-state index in [1.807, 2.05) is 43.3 Å². The van der Waals surface area contributed by atoms with Gasteiger partial charge in [0.2, 0.25) is 0 Å². The van der Waals surface area contributed by atoms with Gasteiger partial charge in [0.1, 0.15) is 11.5 Å². The van der Waals surface area contributed by atoms with Crippen LogP contribution in [0.5, 0.6) is 11.5 Å². The average Bonchev–Trinajstić information content (AvgIpc) is 3.37. The zero-order chi connectivity index (χ0) is 29.7. The molecule has 1 aromatic heterocycles. The lowest BCUT2D eigenvalue weighted by Crippen LogP contribution is -2.37. The number of fused-ring (bicyclic) bond motifs is 1. The fourth-order valence-electron chi connectivity index (χ4n) is 3.87. The SMILES string of the molecule is CC(C(=O)O)c1cccc(Oc2ccccc2)c1.Cc1cnc(NC(=O)C2=C(O)c3ccccc3S(=O)(=O)N2C)s1. The summed E-state index contributed by atoms with van der Waals surface area (Å²) in [5.41, 5.74) is 0.499. The van der Waals surface area contributed by atoms with Crippen molar-refractivity contribution in [1.82, 2.24) is 9.29 Å². The Balaban J connectivity index is 0.000000195. The van der Waals surface area contributed by atoms with Crippen molar-refractivity contribution in [3.8, 4) is 11.5 Å². The Morgan fingerprint density at radius 1 is 1.00 bits per heavy atom. The number of carboxylic acid groups (broad SMARTS) is 1. The highest BCUT2D eigenvalue weighted by atomic mass is 32.2. The minimum atomic E-state index is -3.90. The Bertz CT molecular complexity index is 1720. The van der Waals surface area contributed by atoms with Gasteiger partial charge in [-0.15, -0.1) is 11.3 Å². The summed E-state index contributed by atoms with van der Waals surface area (Å²) < 4.78 is 31.5. The number of aliphatic carboxylic acids is 1. The zero-order valence-corrected chi connectivity index (χ0v) is 23.9. The fraction of sp³-hybridized carbons (Fsp3) is 0.138. The van der Waals surface area contributed by atoms with Crippen LogP contribution in [0.2, 0.25) is 0 Å². The second-order valence-corrected chi connectivity index (χ2v) is 12.1. The van der Waals surface area contributed by atoms with Gasteiger partial charge in [0.25, 0.3) is 15.9 Å². The molecule has 0 bridgehead atoms. The number of sulfonamides is 1. The monoisotopic (exact) mass is 593 g/mol. The van der Waals surface area contributed by atoms with E-state index < -0.39 is 27.8 Å². The largest absolute Gasteiger partial charge is 0.505 e. The molecule has 1 unspecified atom stereocenters. The number of hydrogen-bond acceptors (Lipinski definition) is 8. The molecule has 12 heteroatoms. The van der Waals surface area contributed by atoms with Crippen LogP contribution in [0.1, 0.15) is 28.8 Å². The number of aromatic nitrogens is 1. The summed E-state index contributed by atoms with van der Waals surface area (Å²) in [6, 6.07) is 22.5. The molecule has 0 saturated carbocycles. The lowest BCUT2D eigenvalue weighted by atomic mass is 10.0. The molecular formula is C29H27N3O7S2. The number of nitrogens with zero attached hydrogens (tertiary/aromatic N) is 2. The molecule has 10 nitrogen and oxygen atoms in total. The lowest BCUT2D eigenvalue weighted by Gasteiger charge is -2.28. The van der Waals surface area contributed by atoms with E-state index in [2.05, 4.69) is 10.3 Å². The number of para-hydroxylation sites is 1. The smallest absolute Gasteiger partial charge is 0.310 e. The number of hydrogen-bond donors (Lipinski definition) is 3. The number of rotatable bonds is 6. The molecule has 0 radical (unpaired) electrons. The van der Waals surface area contributed by atoms with Gasteiger partial charge in [0.05, 0.1) is 10.8 Å². The van der Waals surface area contributed by atoms with Crippen LogP contribution >= 0.6 is 11.3 Å². The van der Waals surface area contributed by atoms with Crippen molar-refractivity contribution in [3.05, 3.63) is 107 Å². The molecule has 1 aliphatic heterocycles. The molecular weight excluding hydrogens is 566 g/mol. The van der Waals surface area contributed by atoms with Gasteiger partial charge >= 0.3 is 5.97 Å². The topological polar surface area (TPSA) is 146 Å². The lowest BCUT2D eigenvalue weighted by molar-refractivity contribution is -0.138. The van der Waals surface area contributed by atoms with Gasteiger partial charge in [-0.05, 0) is 55.8 Å². The van der Waals surface area contributed by atoms with E-state index in [9.17, 15) is 23.1 Å². The number of nitrogens with one attached hydrogen (secondary N) is 1. The number of likely N-dealkylation sites (N-methyl/N-ethyl adjacent to an activating group) is 1. The Morgan fingerprint density at radius 2 is 1.66 bits per heavy atom. The van der Waals surface area contributed by atoms with Crippen molar-refractivity contribution >= 4 is 44.1 Å². The second-order valence-electron chi connectivity index (χ2n) is 8.94. The van der Waals surface area contributed by atoms with E-state index in [1.54, 1.807) is 43.5 Å². The highest BCUT2D eigenvalue weighted by Gasteiger charge is 2.37. The number of thiazole rings is 1. The Hall–Kier alpha value is -4.68. The summed E-state index contributed by atoms with van der Waals surface area (Å²) in [4.78, 5) is 28.2. The summed E-state index contributed by atoms with van der Waals surface area (Å²) in [7, 11) is -2.67. The fourth-order valence-corrected chi connectivity index (χ4v) is 5.92. The van der Waals surface area contributed by atoms with Crippen molar-refractivity contribution in [3.63, 3.8) is 0 Å². The molecule has 1 amide bonds. The molecule has 5 rings (SSSR count). The number of aliphatic hydroxyl groups excluding tert-OH is 1. The first-order chi connectivity index (χ1) is 19.5. The standard InChI is InChI=1S/C15H14O3.C14H13N3O4S2/c1-11(15(16)17)12-6-5-9-14(10-12)18-13-7-3-2-4-8-13;1-8-7-15-14(22-8)16-13(19)11-12(18)9-5-3-4-6-10(9)23(20,21)17(11)2/h2-11H,1H3,(H,16,17);3-7,18H,1-2H3,(H,15,16,19). The maximum absolute atomic E-state index is 12.5. The zero-order valence-electron chi connectivity index (χ0n) is 22.3. The van der Waals surface area contributed by atoms with Crippen molar-refractivity contribution in [2.75, 3.05) is 12.4 Å². The van der Waals surface area contributed by atoms with Crippen LogP contribution < -0.4 is 10.1 Å². The summed E-state index contributed by atoms with van der Waals surface area (Å²) >= 11 is 1.25. The molecule has 212 valence electrons. The van der Waals surface area contributed by atoms with Crippen LogP contribution in [0.25, 0.3) is 5.76 Å². The molecule has 3 N–H and O–H groups in total. The van der Waals surface area contributed by atoms with Gasteiger partial charge in [0.15, 0.2) is 16.6 Å². The predicted octanol–water partition coefficient (Wildman–Crippen LogP) is 5.62. The number of anilines is 1. The third kappa shape index (κ3) is 6.56. The Kier molecular flexibility index (Phi) is 8.74. The number of benzene rings is 3. The van der Waals surface area contributed by atoms with E-state index in [1.165, 1.54) is 30.5 Å². The van der Waals surface area contributed by atoms with Crippen LogP contribution in [0.4, 0.5) is 5.13 Å². The summed E-state index contributed by atoms with van der Waals surface area (Å²) in [5.74, 6) is -1.12. The highest BCUT2D eigenvalue weighted by molar-refractivity contribution is 7.89. The molecule has 1 atom stereocenters. The van der Waals surface area contributed by atoms with Crippen LogP contribution in [-0.2, 0) is 19.6 Å². The van der Waals surface area contributed by atoms with E-state index in [0.29, 0.717) is 10.9 Å². The normalized spacial score (nSPS) is 14.3. The molecule has 3 aromatic carbocycles. The number of aliphatic hydroxyl groups is 1. The maximum atomic E-state index is 12.5. The van der Waals surface area contributed by atoms with Crippen LogP contribution in [0.15, 0.2) is 95.7 Å². The van der Waals surface area contributed by atoms with Gasteiger partial charge in [0, 0.05) is 23.7 Å². The first-order valence-electron chi connectivity index (χ1n) is 12.3. The quantitative estimate of drug-likeness (QED) is 0.261. The number of ether oxygens (including phenoxy) is 1. The molecule has 1 aliphatic rings. The highest BCUT2D eigenvalue weighted by Crippen LogP contribution is 2.35. The molecule has 0 spiro atoms. The molecule has 4 aromatic rings. The number of amides is 1.